The summed E-state index contributed by atoms with van der Waals surface area (Å²) in [6.45, 7) is -9.06. The van der Waals surface area contributed by atoms with E-state index in [0.29, 0.717) is 25.7 Å². The first-order valence-electron chi connectivity index (χ1n) is 13.5. The third kappa shape index (κ3) is 8.13. The van der Waals surface area contributed by atoms with Crippen LogP contribution in [0.15, 0.2) is 27.1 Å². The van der Waals surface area contributed by atoms with Gasteiger partial charge in [-0.15, -0.1) is 0 Å². The number of hydrogen-bond donors (Lipinski definition) is 0. The SMILES string of the molecule is CCCCCCN1P2(Cl)=NP3(Cl)=NP(=N2)(OCC(F)(F)C(F)(F)C(F)(F)CO3)N(CCCCCC)P12=NP(Cl)(Cl)=NP(Cl)(Cl)=N2. The highest BCUT2D eigenvalue weighted by Crippen LogP contribution is 2.99. The summed E-state index contributed by atoms with van der Waals surface area (Å²) in [6.07, 6.45) is 5.32. The quantitative estimate of drug-likeness (QED) is 0.124. The van der Waals surface area contributed by atoms with Crippen LogP contribution in [0.2, 0.25) is 0 Å². The summed E-state index contributed by atoms with van der Waals surface area (Å²) in [7, 11) is -8.46. The molecule has 0 N–H and O–H groups in total. The van der Waals surface area contributed by atoms with Crippen molar-refractivity contribution >= 4 is 108 Å². The van der Waals surface area contributed by atoms with Crippen LogP contribution in [-0.4, -0.2) is 53.0 Å². The maximum Gasteiger partial charge on any atom is 0.376 e. The maximum atomic E-state index is 15.0. The molecule has 0 aromatic heterocycles. The van der Waals surface area contributed by atoms with Gasteiger partial charge in [-0.05, 0) is 80.3 Å². The summed E-state index contributed by atoms with van der Waals surface area (Å²) in [6, 6.07) is 0. The van der Waals surface area contributed by atoms with Crippen molar-refractivity contribution in [1.29, 1.82) is 0 Å². The fraction of sp³-hybridized carbons (Fsp3) is 1.00. The van der Waals surface area contributed by atoms with Gasteiger partial charge >= 0.3 is 24.6 Å². The Balaban J connectivity index is 2.09. The van der Waals surface area contributed by atoms with E-state index in [1.165, 1.54) is 8.88 Å². The van der Waals surface area contributed by atoms with Gasteiger partial charge in [-0.2, -0.15) is 62.3 Å². The molecule has 0 saturated carbocycles. The molecule has 0 aliphatic carbocycles. The average Bonchev–Trinajstić information content (AvgIpc) is 2.87. The van der Waals surface area contributed by atoms with Crippen molar-refractivity contribution < 1.29 is 35.4 Å². The molecule has 0 radical (unpaired) electrons. The summed E-state index contributed by atoms with van der Waals surface area (Å²) < 4.78 is 129. The van der Waals surface area contributed by atoms with Crippen LogP contribution in [0.5, 0.6) is 0 Å². The van der Waals surface area contributed by atoms with Gasteiger partial charge in [0.25, 0.3) is 19.4 Å². The lowest BCUT2D eigenvalue weighted by molar-refractivity contribution is -0.319. The van der Waals surface area contributed by atoms with Crippen molar-refractivity contribution in [3.05, 3.63) is 0 Å². The second kappa shape index (κ2) is 14.2. The molecular formula is C17H30Cl6F6N8O2P6. The number of alkyl halides is 6. The standard InChI is InChI=1S/C17H30Cl6F6N8O2P6/c1-3-5-7-9-11-36-42(22)33-43(23)35-45(34-42,39-14-16(26,27)17(28,29)15(24,25)13-38-43)37(12-10-8-6-4-2)44(36)31-40(18,19)30-41(20,21)32-44/h3-14H2,1-2H3. The van der Waals surface area contributed by atoms with Gasteiger partial charge in [-0.25, -0.2) is 0 Å². The van der Waals surface area contributed by atoms with Crippen LogP contribution in [0.3, 0.4) is 0 Å². The molecule has 4 unspecified atom stereocenters. The van der Waals surface area contributed by atoms with E-state index in [9.17, 15) is 17.6 Å². The van der Waals surface area contributed by atoms with Crippen LogP contribution in [0.4, 0.5) is 26.3 Å². The third-order valence-electron chi connectivity index (χ3n) is 6.74. The van der Waals surface area contributed by atoms with Crippen LogP contribution in [-0.2, 0) is 9.05 Å². The van der Waals surface area contributed by atoms with Gasteiger partial charge in [-0.3, -0.25) is 0 Å². The lowest BCUT2D eigenvalue weighted by Crippen LogP contribution is -2.58. The summed E-state index contributed by atoms with van der Waals surface area (Å²) in [5.41, 5.74) is 0. The first kappa shape index (κ1) is 40.3. The molecule has 4 rings (SSSR count). The van der Waals surface area contributed by atoms with Crippen molar-refractivity contribution in [2.24, 2.45) is 27.1 Å². The molecule has 0 fully saturated rings. The minimum absolute atomic E-state index is 0.0549. The third-order valence-corrected chi connectivity index (χ3v) is 33.1. The zero-order valence-corrected chi connectivity index (χ0v) is 33.5. The van der Waals surface area contributed by atoms with Crippen LogP contribution in [0, 0.1) is 0 Å². The second-order valence-corrected chi connectivity index (χ2v) is 32.9. The van der Waals surface area contributed by atoms with Crippen molar-refractivity contribution in [3.63, 3.8) is 0 Å². The molecule has 0 aromatic carbocycles. The molecule has 0 aromatic rings. The Kier molecular flexibility index (Phi) is 12.7. The van der Waals surface area contributed by atoms with Crippen molar-refractivity contribution in [2.75, 3.05) is 26.3 Å². The Morgan fingerprint density at radius 1 is 0.600 bits per heavy atom. The predicted octanol–water partition coefficient (Wildman–Crippen LogP) is 15.9. The largest absolute Gasteiger partial charge is 0.376 e. The fourth-order valence-corrected chi connectivity index (χ4v) is 39.4. The lowest BCUT2D eigenvalue weighted by atomic mass is 10.1. The molecule has 0 amide bonds. The number of fused-ring (bicyclic) bond motifs is 1. The fourth-order valence-electron chi connectivity index (χ4n) is 4.59. The number of rotatable bonds is 10. The molecule has 10 nitrogen and oxygen atoms in total. The molecule has 0 saturated heterocycles. The van der Waals surface area contributed by atoms with E-state index in [4.69, 9.17) is 76.5 Å². The van der Waals surface area contributed by atoms with E-state index < -0.39 is 71.4 Å². The van der Waals surface area contributed by atoms with Gasteiger partial charge < -0.3 is 9.05 Å². The van der Waals surface area contributed by atoms with E-state index in [1.807, 2.05) is 13.8 Å². The van der Waals surface area contributed by atoms with Gasteiger partial charge in [0.1, 0.15) is 13.2 Å². The Labute approximate surface area is 287 Å². The van der Waals surface area contributed by atoms with Crippen LogP contribution in [0.25, 0.3) is 0 Å². The van der Waals surface area contributed by atoms with Crippen molar-refractivity contribution in [3.8, 4) is 0 Å². The molecular weight excluding hydrogens is 861 g/mol. The summed E-state index contributed by atoms with van der Waals surface area (Å²) in [5.74, 6) is -24.2. The first-order chi connectivity index (χ1) is 20.5. The van der Waals surface area contributed by atoms with E-state index >= 15 is 8.78 Å². The maximum absolute atomic E-state index is 15.0. The number of unbranched alkanes of at least 4 members (excludes halogenated alkanes) is 6. The topological polar surface area (TPSA) is 99.1 Å². The smallest absolute Gasteiger partial charge is 0.309 e. The van der Waals surface area contributed by atoms with Crippen LogP contribution < -0.4 is 0 Å². The Morgan fingerprint density at radius 3 is 1.64 bits per heavy atom. The monoisotopic (exact) mass is 888 g/mol. The summed E-state index contributed by atoms with van der Waals surface area (Å²) in [4.78, 5) is 0. The van der Waals surface area contributed by atoms with Crippen LogP contribution >= 0.6 is 108 Å². The lowest BCUT2D eigenvalue weighted by Gasteiger charge is -2.52. The minimum Gasteiger partial charge on any atom is -0.309 e. The van der Waals surface area contributed by atoms with E-state index in [0.717, 1.165) is 25.7 Å². The Morgan fingerprint density at radius 2 is 1.11 bits per heavy atom. The number of halogens is 12. The molecule has 264 valence electrons. The summed E-state index contributed by atoms with van der Waals surface area (Å²) in [5, 5.41) is 0. The molecule has 4 aliphatic rings. The molecule has 4 heterocycles. The molecule has 45 heavy (non-hydrogen) atoms. The predicted molar refractivity (Wildman–Crippen MR) is 180 cm³/mol. The highest BCUT2D eigenvalue weighted by molar-refractivity contribution is 8.21. The highest BCUT2D eigenvalue weighted by Gasteiger charge is 2.73. The molecule has 3 bridgehead atoms. The highest BCUT2D eigenvalue weighted by atomic mass is 35.9. The zero-order chi connectivity index (χ0) is 33.8. The summed E-state index contributed by atoms with van der Waals surface area (Å²) >= 11 is 40.1. The molecule has 28 heteroatoms. The van der Waals surface area contributed by atoms with Gasteiger partial charge in [0.2, 0.25) is 14.2 Å². The first-order valence-corrected chi connectivity index (χ1v) is 28.8. The molecule has 2 spiro atoms. The van der Waals surface area contributed by atoms with Crippen molar-refractivity contribution in [1.82, 2.24) is 8.88 Å². The number of nitrogens with zero attached hydrogens (tertiary/aromatic N) is 8. The van der Waals surface area contributed by atoms with Gasteiger partial charge in [0.15, 0.2) is 0 Å². The Hall–Kier alpha value is 2.54. The number of hydrogen-bond acceptors (Lipinski definition) is 10. The van der Waals surface area contributed by atoms with Gasteiger partial charge in [-0.1, -0.05) is 52.4 Å². The van der Waals surface area contributed by atoms with E-state index in [2.05, 4.69) is 27.1 Å². The second-order valence-electron chi connectivity index (χ2n) is 10.3. The molecule has 4 atom stereocenters. The zero-order valence-electron chi connectivity index (χ0n) is 23.6. The Bertz CT molecular complexity index is 1520. The van der Waals surface area contributed by atoms with E-state index in [-0.39, 0.29) is 13.1 Å². The average molecular weight is 891 g/mol. The van der Waals surface area contributed by atoms with Crippen LogP contribution in [0.1, 0.15) is 65.2 Å². The normalized spacial score (nSPS) is 38.0. The van der Waals surface area contributed by atoms with Gasteiger partial charge in [0.05, 0.1) is 0 Å². The van der Waals surface area contributed by atoms with E-state index in [1.54, 1.807) is 0 Å². The van der Waals surface area contributed by atoms with Gasteiger partial charge in [0, 0.05) is 13.1 Å². The van der Waals surface area contributed by atoms with Crippen molar-refractivity contribution in [2.45, 2.75) is 83.0 Å². The molecule has 4 aliphatic heterocycles. The minimum atomic E-state index is -5.92.